The van der Waals surface area contributed by atoms with Crippen LogP contribution < -0.4 is 0 Å². The van der Waals surface area contributed by atoms with Crippen LogP contribution in [-0.4, -0.2) is 40.1 Å². The summed E-state index contributed by atoms with van der Waals surface area (Å²) in [5, 5.41) is 9.99. The Balaban J connectivity index is 1.89. The number of nitrogens with zero attached hydrogens (tertiary/aromatic N) is 2. The number of aliphatic hydroxyl groups is 1. The molecule has 0 aliphatic carbocycles. The maximum Gasteiger partial charge on any atom is 0.256 e. The van der Waals surface area contributed by atoms with Gasteiger partial charge in [0.25, 0.3) is 5.91 Å². The summed E-state index contributed by atoms with van der Waals surface area (Å²) in [7, 11) is 0. The highest BCUT2D eigenvalue weighted by atomic mass is 16.3. The van der Waals surface area contributed by atoms with E-state index in [0.717, 1.165) is 43.1 Å². The monoisotopic (exact) mass is 284 g/mol. The molecule has 3 rings (SSSR count). The number of aliphatic hydroxyl groups excluding tert-OH is 1. The molecule has 1 aromatic heterocycles. The molecule has 1 N–H and O–H groups in total. The molecule has 1 aliphatic heterocycles. The van der Waals surface area contributed by atoms with Crippen LogP contribution in [0.3, 0.4) is 0 Å². The molecule has 21 heavy (non-hydrogen) atoms. The van der Waals surface area contributed by atoms with Crippen LogP contribution in [-0.2, 0) is 0 Å². The quantitative estimate of drug-likeness (QED) is 0.939. The standard InChI is InChI=1S/C17H20N2O2/c20-12-4-8-14-7-3-11-19(14)17(21)15-9-1-5-13-6-2-10-18-16(13)15/h1-2,5-6,9-10,14,20H,3-4,7-8,11-12H2. The van der Waals surface area contributed by atoms with Crippen LogP contribution in [0.1, 0.15) is 36.0 Å². The van der Waals surface area contributed by atoms with Gasteiger partial charge in [-0.15, -0.1) is 0 Å². The van der Waals surface area contributed by atoms with Gasteiger partial charge in [-0.2, -0.15) is 0 Å². The number of rotatable bonds is 4. The van der Waals surface area contributed by atoms with E-state index in [9.17, 15) is 4.79 Å². The second kappa shape index (κ2) is 6.22. The highest BCUT2D eigenvalue weighted by Gasteiger charge is 2.29. The zero-order valence-corrected chi connectivity index (χ0v) is 12.0. The van der Waals surface area contributed by atoms with Gasteiger partial charge in [-0.3, -0.25) is 9.78 Å². The topological polar surface area (TPSA) is 53.4 Å². The molecule has 4 nitrogen and oxygen atoms in total. The molecule has 1 aliphatic rings. The molecule has 1 aromatic carbocycles. The number of aromatic nitrogens is 1. The molecule has 1 atom stereocenters. The second-order valence-electron chi connectivity index (χ2n) is 5.54. The average molecular weight is 284 g/mol. The normalized spacial score (nSPS) is 18.3. The Bertz CT molecular complexity index is 636. The van der Waals surface area contributed by atoms with Gasteiger partial charge in [0.15, 0.2) is 0 Å². The summed E-state index contributed by atoms with van der Waals surface area (Å²) in [5.74, 6) is 0.0692. The van der Waals surface area contributed by atoms with Crippen molar-refractivity contribution in [3.8, 4) is 0 Å². The minimum absolute atomic E-state index is 0.0692. The van der Waals surface area contributed by atoms with Gasteiger partial charge in [-0.25, -0.2) is 0 Å². The highest BCUT2D eigenvalue weighted by Crippen LogP contribution is 2.25. The SMILES string of the molecule is O=C(c1cccc2cccnc12)N1CCCC1CCCO. The van der Waals surface area contributed by atoms with Crippen LogP contribution in [0.5, 0.6) is 0 Å². The molecule has 0 saturated carbocycles. The molecular weight excluding hydrogens is 264 g/mol. The molecule has 0 bridgehead atoms. The van der Waals surface area contributed by atoms with Crippen molar-refractivity contribution in [1.82, 2.24) is 9.88 Å². The molecule has 0 spiro atoms. The maximum absolute atomic E-state index is 12.9. The zero-order valence-electron chi connectivity index (χ0n) is 12.0. The first kappa shape index (κ1) is 14.0. The van der Waals surface area contributed by atoms with Crippen LogP contribution in [0.25, 0.3) is 10.9 Å². The summed E-state index contributed by atoms with van der Waals surface area (Å²) < 4.78 is 0. The van der Waals surface area contributed by atoms with Crippen molar-refractivity contribution < 1.29 is 9.90 Å². The molecule has 1 fully saturated rings. The van der Waals surface area contributed by atoms with Gasteiger partial charge in [0.2, 0.25) is 0 Å². The third-order valence-electron chi connectivity index (χ3n) is 4.20. The number of fused-ring (bicyclic) bond motifs is 1. The summed E-state index contributed by atoms with van der Waals surface area (Å²) in [6.45, 7) is 0.993. The first-order chi connectivity index (χ1) is 10.3. The third-order valence-corrected chi connectivity index (χ3v) is 4.20. The van der Waals surface area contributed by atoms with Crippen molar-refractivity contribution >= 4 is 16.8 Å². The van der Waals surface area contributed by atoms with E-state index in [1.165, 1.54) is 0 Å². The van der Waals surface area contributed by atoms with Crippen LogP contribution in [0, 0.1) is 0 Å². The first-order valence-corrected chi connectivity index (χ1v) is 7.57. The van der Waals surface area contributed by atoms with Crippen molar-refractivity contribution in [2.24, 2.45) is 0 Å². The Morgan fingerprint density at radius 3 is 3.05 bits per heavy atom. The van der Waals surface area contributed by atoms with Crippen molar-refractivity contribution in [1.29, 1.82) is 0 Å². The van der Waals surface area contributed by atoms with E-state index < -0.39 is 0 Å². The zero-order chi connectivity index (χ0) is 14.7. The maximum atomic E-state index is 12.9. The lowest BCUT2D eigenvalue weighted by Gasteiger charge is -2.25. The lowest BCUT2D eigenvalue weighted by atomic mass is 10.1. The highest BCUT2D eigenvalue weighted by molar-refractivity contribution is 6.05. The fourth-order valence-electron chi connectivity index (χ4n) is 3.16. The summed E-state index contributed by atoms with van der Waals surface area (Å²) >= 11 is 0. The summed E-state index contributed by atoms with van der Waals surface area (Å²) in [6, 6.07) is 9.87. The molecule has 1 saturated heterocycles. The third kappa shape index (κ3) is 2.76. The minimum atomic E-state index is 0.0692. The van der Waals surface area contributed by atoms with Crippen LogP contribution >= 0.6 is 0 Å². The fourth-order valence-corrected chi connectivity index (χ4v) is 3.16. The average Bonchev–Trinajstić information content (AvgIpc) is 3.00. The number of amides is 1. The predicted molar refractivity (Wildman–Crippen MR) is 82.1 cm³/mol. The molecule has 1 amide bonds. The van der Waals surface area contributed by atoms with E-state index in [-0.39, 0.29) is 18.6 Å². The van der Waals surface area contributed by atoms with E-state index in [2.05, 4.69) is 4.98 Å². The lowest BCUT2D eigenvalue weighted by Crippen LogP contribution is -2.35. The molecular formula is C17H20N2O2. The molecule has 0 radical (unpaired) electrons. The van der Waals surface area contributed by atoms with Crippen LogP contribution in [0.2, 0.25) is 0 Å². The smallest absolute Gasteiger partial charge is 0.256 e. The van der Waals surface area contributed by atoms with Gasteiger partial charge in [-0.05, 0) is 37.8 Å². The van der Waals surface area contributed by atoms with Gasteiger partial charge in [0, 0.05) is 30.8 Å². The van der Waals surface area contributed by atoms with E-state index in [1.54, 1.807) is 6.20 Å². The second-order valence-corrected chi connectivity index (χ2v) is 5.54. The lowest BCUT2D eigenvalue weighted by molar-refractivity contribution is 0.0726. The molecule has 4 heteroatoms. The number of para-hydroxylation sites is 1. The number of pyridine rings is 1. The van der Waals surface area contributed by atoms with Crippen molar-refractivity contribution in [2.75, 3.05) is 13.2 Å². The first-order valence-electron chi connectivity index (χ1n) is 7.57. The molecule has 2 aromatic rings. The minimum Gasteiger partial charge on any atom is -0.396 e. The van der Waals surface area contributed by atoms with E-state index in [4.69, 9.17) is 5.11 Å². The van der Waals surface area contributed by atoms with E-state index in [0.29, 0.717) is 5.56 Å². The fraction of sp³-hybridized carbons (Fsp3) is 0.412. The Kier molecular flexibility index (Phi) is 4.15. The van der Waals surface area contributed by atoms with Crippen molar-refractivity contribution in [3.63, 3.8) is 0 Å². The number of likely N-dealkylation sites (tertiary alicyclic amines) is 1. The van der Waals surface area contributed by atoms with Crippen LogP contribution in [0.4, 0.5) is 0 Å². The van der Waals surface area contributed by atoms with E-state index >= 15 is 0 Å². The van der Waals surface area contributed by atoms with E-state index in [1.807, 2.05) is 35.2 Å². The van der Waals surface area contributed by atoms with Gasteiger partial charge < -0.3 is 10.0 Å². The Labute approximate surface area is 124 Å². The number of hydrogen-bond donors (Lipinski definition) is 1. The summed E-state index contributed by atoms with van der Waals surface area (Å²) in [6.07, 6.45) is 5.43. The predicted octanol–water partition coefficient (Wildman–Crippen LogP) is 2.61. The van der Waals surface area contributed by atoms with Gasteiger partial charge in [0.05, 0.1) is 11.1 Å². The Morgan fingerprint density at radius 2 is 2.19 bits per heavy atom. The Morgan fingerprint density at radius 1 is 1.33 bits per heavy atom. The molecule has 110 valence electrons. The number of benzene rings is 1. The van der Waals surface area contributed by atoms with Gasteiger partial charge in [0.1, 0.15) is 0 Å². The molecule has 1 unspecified atom stereocenters. The Hall–Kier alpha value is -1.94. The summed E-state index contributed by atoms with van der Waals surface area (Å²) in [4.78, 5) is 19.2. The molecule has 2 heterocycles. The summed E-state index contributed by atoms with van der Waals surface area (Å²) in [5.41, 5.74) is 1.46. The largest absolute Gasteiger partial charge is 0.396 e. The number of carbonyl (C=O) groups is 1. The van der Waals surface area contributed by atoms with Gasteiger partial charge in [-0.1, -0.05) is 18.2 Å². The van der Waals surface area contributed by atoms with Crippen molar-refractivity contribution in [2.45, 2.75) is 31.7 Å². The number of carbonyl (C=O) groups excluding carboxylic acids is 1. The van der Waals surface area contributed by atoms with Crippen LogP contribution in [0.15, 0.2) is 36.5 Å². The number of hydrogen-bond acceptors (Lipinski definition) is 3. The van der Waals surface area contributed by atoms with Gasteiger partial charge >= 0.3 is 0 Å². The van der Waals surface area contributed by atoms with Crippen molar-refractivity contribution in [3.05, 3.63) is 42.1 Å².